The Bertz CT molecular complexity index is 1320. The van der Waals surface area contributed by atoms with Crippen molar-refractivity contribution in [1.29, 1.82) is 0 Å². The van der Waals surface area contributed by atoms with E-state index < -0.39 is 0 Å². The summed E-state index contributed by atoms with van der Waals surface area (Å²) in [6.07, 6.45) is 7.39. The number of furan rings is 1. The van der Waals surface area contributed by atoms with Crippen molar-refractivity contribution < 1.29 is 9.21 Å². The molecule has 5 nitrogen and oxygen atoms in total. The van der Waals surface area contributed by atoms with Crippen molar-refractivity contribution in [2.75, 3.05) is 0 Å². The molecule has 1 atom stereocenters. The van der Waals surface area contributed by atoms with Crippen LogP contribution in [-0.4, -0.2) is 15.5 Å². The molecule has 2 heterocycles. The van der Waals surface area contributed by atoms with Crippen LogP contribution in [0.4, 0.5) is 0 Å². The number of benzene rings is 3. The van der Waals surface area contributed by atoms with E-state index in [-0.39, 0.29) is 18.4 Å². The van der Waals surface area contributed by atoms with Gasteiger partial charge in [-0.25, -0.2) is 4.98 Å². The molecule has 1 N–H and O–H groups in total. The minimum Gasteiger partial charge on any atom is -0.464 e. The molecule has 3 aromatic carbocycles. The summed E-state index contributed by atoms with van der Waals surface area (Å²) in [6.45, 7) is 1.99. The molecule has 2 aromatic heterocycles. The zero-order valence-electron chi connectivity index (χ0n) is 16.6. The summed E-state index contributed by atoms with van der Waals surface area (Å²) in [4.78, 5) is 16.8. The topological polar surface area (TPSA) is 60.1 Å². The lowest BCUT2D eigenvalue weighted by Crippen LogP contribution is -2.28. The van der Waals surface area contributed by atoms with E-state index in [1.165, 1.54) is 0 Å². The lowest BCUT2D eigenvalue weighted by Gasteiger charge is -2.15. The zero-order valence-corrected chi connectivity index (χ0v) is 16.6. The highest BCUT2D eigenvalue weighted by molar-refractivity contribution is 6.08. The van der Waals surface area contributed by atoms with Gasteiger partial charge in [-0.15, -0.1) is 0 Å². The van der Waals surface area contributed by atoms with Crippen molar-refractivity contribution in [1.82, 2.24) is 14.9 Å². The summed E-state index contributed by atoms with van der Waals surface area (Å²) in [5.41, 5.74) is 3.79. The molecule has 0 aliphatic carbocycles. The Balaban J connectivity index is 1.33. The fourth-order valence-electron chi connectivity index (χ4n) is 3.90. The van der Waals surface area contributed by atoms with E-state index in [0.29, 0.717) is 0 Å². The van der Waals surface area contributed by atoms with Crippen molar-refractivity contribution in [2.24, 2.45) is 0 Å². The normalized spacial score (nSPS) is 12.3. The van der Waals surface area contributed by atoms with Gasteiger partial charge in [0.25, 0.3) is 0 Å². The number of nitrogens with one attached hydrogen (secondary N) is 1. The number of carbonyl (C=O) groups is 1. The van der Waals surface area contributed by atoms with Crippen LogP contribution in [0.3, 0.4) is 0 Å². The molecule has 5 rings (SSSR count). The molecule has 1 amide bonds. The molecule has 5 aromatic rings. The minimum absolute atomic E-state index is 0.0307. The Morgan fingerprint density at radius 3 is 2.73 bits per heavy atom. The van der Waals surface area contributed by atoms with Crippen molar-refractivity contribution in [3.63, 3.8) is 0 Å². The Kier molecular flexibility index (Phi) is 4.56. The van der Waals surface area contributed by atoms with Gasteiger partial charge in [0.15, 0.2) is 0 Å². The molecule has 0 saturated heterocycles. The number of amides is 1. The lowest BCUT2D eigenvalue weighted by molar-refractivity contribution is -0.121. The molecule has 0 aliphatic rings. The van der Waals surface area contributed by atoms with Crippen LogP contribution in [0.25, 0.3) is 27.4 Å². The van der Waals surface area contributed by atoms with Crippen LogP contribution in [0.1, 0.15) is 24.1 Å². The van der Waals surface area contributed by atoms with Crippen molar-refractivity contribution >= 4 is 27.6 Å². The first kappa shape index (κ1) is 18.2. The first-order valence-corrected chi connectivity index (χ1v) is 9.94. The summed E-state index contributed by atoms with van der Waals surface area (Å²) in [5, 5.41) is 6.36. The highest BCUT2D eigenvalue weighted by atomic mass is 16.3. The maximum atomic E-state index is 12.8. The number of imidazole rings is 1. The minimum atomic E-state index is -0.0933. The van der Waals surface area contributed by atoms with E-state index in [4.69, 9.17) is 4.42 Å². The largest absolute Gasteiger partial charge is 0.464 e. The molecule has 148 valence electrons. The Morgan fingerprint density at radius 2 is 1.93 bits per heavy atom. The van der Waals surface area contributed by atoms with Crippen LogP contribution in [0.2, 0.25) is 0 Å². The molecule has 5 heteroatoms. The predicted octanol–water partition coefficient (Wildman–Crippen LogP) is 5.19. The SMILES string of the molecule is C[C@H](NC(=O)Cc1coc2ccc3ccccc3c12)c1ccc(-n2ccnc2)cc1. The summed E-state index contributed by atoms with van der Waals surface area (Å²) < 4.78 is 7.65. The molecule has 0 aliphatic heterocycles. The second-order valence-corrected chi connectivity index (χ2v) is 7.45. The van der Waals surface area contributed by atoms with Crippen LogP contribution in [0, 0.1) is 0 Å². The van der Waals surface area contributed by atoms with E-state index in [2.05, 4.69) is 22.4 Å². The van der Waals surface area contributed by atoms with Crippen molar-refractivity contribution in [2.45, 2.75) is 19.4 Å². The van der Waals surface area contributed by atoms with Crippen LogP contribution in [-0.2, 0) is 11.2 Å². The van der Waals surface area contributed by atoms with Crippen LogP contribution >= 0.6 is 0 Å². The summed E-state index contributed by atoms with van der Waals surface area (Å²) in [7, 11) is 0. The van der Waals surface area contributed by atoms with Gasteiger partial charge >= 0.3 is 0 Å². The van der Waals surface area contributed by atoms with Crippen molar-refractivity contribution in [3.8, 4) is 5.69 Å². The zero-order chi connectivity index (χ0) is 20.5. The van der Waals surface area contributed by atoms with Gasteiger partial charge in [-0.1, -0.05) is 42.5 Å². The Morgan fingerprint density at radius 1 is 1.10 bits per heavy atom. The number of hydrogen-bond donors (Lipinski definition) is 1. The highest BCUT2D eigenvalue weighted by Crippen LogP contribution is 2.30. The first-order chi connectivity index (χ1) is 14.7. The number of hydrogen-bond acceptors (Lipinski definition) is 3. The maximum Gasteiger partial charge on any atom is 0.225 e. The van der Waals surface area contributed by atoms with Gasteiger partial charge in [-0.3, -0.25) is 4.79 Å². The molecule has 0 radical (unpaired) electrons. The van der Waals surface area contributed by atoms with Gasteiger partial charge in [0.05, 0.1) is 25.1 Å². The number of rotatable bonds is 5. The summed E-state index contributed by atoms with van der Waals surface area (Å²) in [6, 6.07) is 20.2. The monoisotopic (exact) mass is 395 g/mol. The lowest BCUT2D eigenvalue weighted by atomic mass is 10.0. The fraction of sp³-hybridized carbons (Fsp3) is 0.120. The summed E-state index contributed by atoms with van der Waals surface area (Å²) in [5.74, 6) is -0.0307. The molecular weight excluding hydrogens is 374 g/mol. The number of fused-ring (bicyclic) bond motifs is 3. The quantitative estimate of drug-likeness (QED) is 0.445. The van der Waals surface area contributed by atoms with E-state index in [0.717, 1.165) is 38.6 Å². The van der Waals surface area contributed by atoms with Gasteiger partial charge < -0.3 is 14.3 Å². The maximum absolute atomic E-state index is 12.8. The predicted molar refractivity (Wildman–Crippen MR) is 118 cm³/mol. The van der Waals surface area contributed by atoms with Crippen LogP contribution < -0.4 is 5.32 Å². The average molecular weight is 395 g/mol. The van der Waals surface area contributed by atoms with Gasteiger partial charge in [-0.2, -0.15) is 0 Å². The summed E-state index contributed by atoms with van der Waals surface area (Å²) >= 11 is 0. The number of aromatic nitrogens is 2. The van der Waals surface area contributed by atoms with Gasteiger partial charge in [0.1, 0.15) is 5.58 Å². The van der Waals surface area contributed by atoms with Gasteiger partial charge in [-0.05, 0) is 41.5 Å². The molecule has 0 fully saturated rings. The fourth-order valence-corrected chi connectivity index (χ4v) is 3.90. The average Bonchev–Trinajstić information content (AvgIpc) is 3.44. The number of nitrogens with zero attached hydrogens (tertiary/aromatic N) is 2. The van der Waals surface area contributed by atoms with E-state index in [9.17, 15) is 4.79 Å². The molecule has 30 heavy (non-hydrogen) atoms. The third-order valence-electron chi connectivity index (χ3n) is 5.46. The third kappa shape index (κ3) is 3.35. The van der Waals surface area contributed by atoms with Gasteiger partial charge in [0, 0.05) is 29.0 Å². The Labute approximate surface area is 174 Å². The highest BCUT2D eigenvalue weighted by Gasteiger charge is 2.15. The second kappa shape index (κ2) is 7.52. The number of carbonyl (C=O) groups excluding carboxylic acids is 1. The van der Waals surface area contributed by atoms with E-state index in [1.54, 1.807) is 18.8 Å². The molecule has 0 spiro atoms. The van der Waals surface area contributed by atoms with Gasteiger partial charge in [0.2, 0.25) is 5.91 Å². The molecule has 0 saturated carbocycles. The smallest absolute Gasteiger partial charge is 0.225 e. The van der Waals surface area contributed by atoms with Crippen molar-refractivity contribution in [3.05, 3.63) is 96.8 Å². The van der Waals surface area contributed by atoms with Crippen LogP contribution in [0.15, 0.2) is 90.1 Å². The third-order valence-corrected chi connectivity index (χ3v) is 5.46. The standard InChI is InChI=1S/C25H21N3O2/c1-17(18-6-9-21(10-7-18)28-13-12-26-16-28)27-24(29)14-20-15-30-23-11-8-19-4-2-3-5-22(19)25(20)23/h2-13,15-17H,14H2,1H3,(H,27,29)/t17-/m0/s1. The molecule has 0 bridgehead atoms. The second-order valence-electron chi connectivity index (χ2n) is 7.45. The van der Waals surface area contributed by atoms with E-state index in [1.807, 2.05) is 66.2 Å². The first-order valence-electron chi connectivity index (χ1n) is 9.94. The Hall–Kier alpha value is -3.86. The van der Waals surface area contributed by atoms with E-state index >= 15 is 0 Å². The van der Waals surface area contributed by atoms with Crippen LogP contribution in [0.5, 0.6) is 0 Å². The molecule has 0 unspecified atom stereocenters. The molecular formula is C25H21N3O2.